The van der Waals surface area contributed by atoms with Crippen molar-refractivity contribution in [3.63, 3.8) is 0 Å². The second kappa shape index (κ2) is 168. The Labute approximate surface area is 164 Å². The second-order valence-corrected chi connectivity index (χ2v) is 0. The molecule has 0 amide bonds. The van der Waals surface area contributed by atoms with Gasteiger partial charge in [-0.05, 0) is 0 Å². The van der Waals surface area contributed by atoms with Crippen molar-refractivity contribution in [1.82, 2.24) is 0 Å². The molecule has 0 saturated carbocycles. The summed E-state index contributed by atoms with van der Waals surface area (Å²) in [5.41, 5.74) is 0. The first kappa shape index (κ1) is 205. The molecule has 0 spiro atoms. The van der Waals surface area contributed by atoms with Crippen molar-refractivity contribution in [1.29, 1.82) is 0 Å². The van der Waals surface area contributed by atoms with Crippen LogP contribution in [0, 0.1) is 0 Å². The van der Waals surface area contributed by atoms with Crippen LogP contribution < -0.4 is 112 Å². The fraction of sp³-hybridized carbons (Fsp3) is 0. The summed E-state index contributed by atoms with van der Waals surface area (Å²) < 4.78 is 0. The number of hydrogen-bond acceptors (Lipinski definition) is 0. The summed E-state index contributed by atoms with van der Waals surface area (Å²) in [5.74, 6) is 0. The molecule has 0 atom stereocenters. The van der Waals surface area contributed by atoms with E-state index in [2.05, 4.69) is 0 Å². The maximum absolute atomic E-state index is 0. The zero-order valence-electron chi connectivity index (χ0n) is 4.70. The van der Waals surface area contributed by atoms with Crippen LogP contribution in [0.1, 0.15) is 0 Å². The average Bonchev–Trinajstić information content (AvgIpc) is 0. The van der Waals surface area contributed by atoms with Gasteiger partial charge in [0.15, 0.2) is 0 Å². The van der Waals surface area contributed by atoms with E-state index in [4.69, 9.17) is 0 Å². The molecule has 12 heteroatoms. The zero-order valence-corrected chi connectivity index (χ0v) is 16.6. The molecule has 0 radical (unpaired) electrons. The second-order valence-electron chi connectivity index (χ2n) is 0. The van der Waals surface area contributed by atoms with Crippen LogP contribution in [0.15, 0.2) is 0 Å². The monoisotopic (exact) mass is 584 g/mol. The van der Waals surface area contributed by atoms with E-state index in [0.29, 0.717) is 0 Å². The van der Waals surface area contributed by atoms with Crippen molar-refractivity contribution in [3.05, 3.63) is 0 Å². The Bertz CT molecular complexity index is 14.5. The Morgan fingerprint density at radius 1 is 0.333 bits per heavy atom. The van der Waals surface area contributed by atoms with E-state index in [1.54, 1.807) is 0 Å². The summed E-state index contributed by atoms with van der Waals surface area (Å²) in [6, 6.07) is 0. The molecule has 0 aromatic rings. The topological polar surface area (TPSA) is 0 Å². The largest absolute Gasteiger partial charge is 3.00 e. The van der Waals surface area contributed by atoms with Gasteiger partial charge in [0.2, 0.25) is 0 Å². The van der Waals surface area contributed by atoms with Gasteiger partial charge in [-0.2, -0.15) is 0 Å². The van der Waals surface area contributed by atoms with E-state index in [1.165, 1.54) is 0 Å². The number of rotatable bonds is 0. The van der Waals surface area contributed by atoms with Gasteiger partial charge in [0.1, 0.15) is 0 Å². The summed E-state index contributed by atoms with van der Waals surface area (Å²) in [7, 11) is 0. The Morgan fingerprint density at radius 2 is 0.333 bits per heavy atom. The summed E-state index contributed by atoms with van der Waals surface area (Å²) >= 11 is 0. The van der Waals surface area contributed by atoms with Gasteiger partial charge in [-0.3, -0.25) is 0 Å². The van der Waals surface area contributed by atoms with E-state index in [9.17, 15) is 0 Å². The van der Waals surface area contributed by atoms with E-state index < -0.39 is 0 Å². The summed E-state index contributed by atoms with van der Waals surface area (Å²) in [5, 5.41) is 0. The molecule has 0 nitrogen and oxygen atoms in total. The zero-order chi connectivity index (χ0) is 0. The first-order chi connectivity index (χ1) is 0. The summed E-state index contributed by atoms with van der Waals surface area (Å²) in [4.78, 5) is 0. The standard InChI is InChI=1S/Al.9ClH.Ni.W/h;9*1H;;/q+3;;;;;;;;;;+2;/p-9. The molecule has 0 aromatic heterocycles. The van der Waals surface area contributed by atoms with Gasteiger partial charge in [-0.15, -0.1) is 0 Å². The van der Waals surface area contributed by atoms with Gasteiger partial charge in [-0.25, -0.2) is 0 Å². The Balaban J connectivity index is 0. The number of hydrogen-bond donors (Lipinski definition) is 0. The predicted molar refractivity (Wildman–Crippen MR) is 5.75 cm³/mol. The molecule has 0 aliphatic rings. The third kappa shape index (κ3) is 136. The van der Waals surface area contributed by atoms with Crippen molar-refractivity contribution < 1.29 is 149 Å². The maximum atomic E-state index is 0. The van der Waals surface area contributed by atoms with Gasteiger partial charge in [0.05, 0.1) is 0 Å². The third-order valence-corrected chi connectivity index (χ3v) is 0. The minimum absolute atomic E-state index is 0. The van der Waals surface area contributed by atoms with Crippen LogP contribution in [-0.2, 0) is 37.6 Å². The average molecular weight is 589 g/mol. The third-order valence-electron chi connectivity index (χ3n) is 0. The van der Waals surface area contributed by atoms with Crippen LogP contribution >= 0.6 is 0 Å². The summed E-state index contributed by atoms with van der Waals surface area (Å²) in [6.07, 6.45) is 0. The molecular formula is AlCl9NiW-4. The van der Waals surface area contributed by atoms with Crippen molar-refractivity contribution in [3.8, 4) is 0 Å². The Hall–Kier alpha value is 4.32. The van der Waals surface area contributed by atoms with E-state index in [0.717, 1.165) is 0 Å². The van der Waals surface area contributed by atoms with Crippen LogP contribution in [-0.4, -0.2) is 17.4 Å². The number of halogens is 9. The van der Waals surface area contributed by atoms with Gasteiger partial charge >= 0.3 is 33.9 Å². The summed E-state index contributed by atoms with van der Waals surface area (Å²) in [6.45, 7) is 0. The molecule has 0 N–H and O–H groups in total. The molecule has 0 unspecified atom stereocenters. The Morgan fingerprint density at radius 3 is 0.333 bits per heavy atom. The molecule has 0 aliphatic heterocycles. The Kier molecular flexibility index (Phi) is 2870. The first-order valence-electron chi connectivity index (χ1n) is 0. The maximum Gasteiger partial charge on any atom is 3.00 e. The van der Waals surface area contributed by atoms with Gasteiger partial charge in [0.25, 0.3) is 0 Å². The molecule has 0 fully saturated rings. The van der Waals surface area contributed by atoms with Gasteiger partial charge in [-0.1, -0.05) is 0 Å². The van der Waals surface area contributed by atoms with Crippen LogP contribution in [0.3, 0.4) is 0 Å². The molecule has 0 saturated heterocycles. The fourth-order valence-corrected chi connectivity index (χ4v) is 0. The molecule has 0 bridgehead atoms. The van der Waals surface area contributed by atoms with E-state index >= 15 is 0 Å². The molecule has 12 heavy (non-hydrogen) atoms. The van der Waals surface area contributed by atoms with Crippen LogP contribution in [0.4, 0.5) is 0 Å². The van der Waals surface area contributed by atoms with Crippen molar-refractivity contribution >= 4 is 17.4 Å². The minimum Gasteiger partial charge on any atom is -1.00 e. The molecule has 0 rings (SSSR count). The minimum atomic E-state index is 0. The molecule has 0 aliphatic carbocycles. The van der Waals surface area contributed by atoms with Crippen molar-refractivity contribution in [2.45, 2.75) is 0 Å². The van der Waals surface area contributed by atoms with Crippen molar-refractivity contribution in [2.75, 3.05) is 0 Å². The SMILES string of the molecule is [Al+3].[Cl-].[Cl-].[Cl-].[Cl-].[Cl-].[Cl-].[Cl-].[Cl-].[Cl-].[Ni+2].[W]. The fourth-order valence-electron chi connectivity index (χ4n) is 0. The predicted octanol–water partition coefficient (Wildman–Crippen LogP) is -27.3. The molecule has 86 valence electrons. The normalized spacial score (nSPS) is 0. The van der Waals surface area contributed by atoms with E-state index in [1.807, 2.05) is 0 Å². The van der Waals surface area contributed by atoms with Gasteiger partial charge < -0.3 is 112 Å². The van der Waals surface area contributed by atoms with Gasteiger partial charge in [0, 0.05) is 21.1 Å². The van der Waals surface area contributed by atoms with Crippen LogP contribution in [0.25, 0.3) is 0 Å². The molecule has 0 aromatic carbocycles. The molecular weight excluding hydrogens is 589 g/mol. The quantitative estimate of drug-likeness (QED) is 0.247. The molecule has 0 heterocycles. The van der Waals surface area contributed by atoms with Crippen molar-refractivity contribution in [2.24, 2.45) is 0 Å². The van der Waals surface area contributed by atoms with Crippen LogP contribution in [0.5, 0.6) is 0 Å². The smallest absolute Gasteiger partial charge is 1.00 e. The first-order valence-corrected chi connectivity index (χ1v) is 0. The van der Waals surface area contributed by atoms with E-state index in [-0.39, 0.29) is 167 Å². The van der Waals surface area contributed by atoms with Crippen LogP contribution in [0.2, 0.25) is 0 Å².